The number of hydrogen-bond acceptors (Lipinski definition) is 6. The van der Waals surface area contributed by atoms with Crippen LogP contribution in [0.25, 0.3) is 10.9 Å². The molecule has 3 aromatic carbocycles. The van der Waals surface area contributed by atoms with E-state index in [4.69, 9.17) is 18.9 Å². The van der Waals surface area contributed by atoms with Crippen LogP contribution in [0, 0.1) is 0 Å². The van der Waals surface area contributed by atoms with E-state index in [1.165, 1.54) is 0 Å². The van der Waals surface area contributed by atoms with Crippen molar-refractivity contribution in [2.24, 2.45) is 0 Å². The highest BCUT2D eigenvalue weighted by Crippen LogP contribution is 2.43. The molecule has 186 valence electrons. The molecule has 0 radical (unpaired) electrons. The number of H-pyrrole nitrogens is 1. The molecule has 2 heterocycles. The van der Waals surface area contributed by atoms with Crippen LogP contribution in [-0.2, 0) is 17.8 Å². The Balaban J connectivity index is 1.57. The first kappa shape index (κ1) is 23.6. The highest BCUT2D eigenvalue weighted by Gasteiger charge is 2.35. The predicted octanol–water partition coefficient (Wildman–Crippen LogP) is 4.46. The SMILES string of the molecule is COc1cc([C@@H]2N[C@@H](C(=O)O)Cc3c2[nH]c2ccc(OCc4ccccc4)cc32)cc(OC)c1OC. The number of aromatic amines is 1. The van der Waals surface area contributed by atoms with Gasteiger partial charge in [-0.25, -0.2) is 0 Å². The molecule has 2 atom stereocenters. The Morgan fingerprint density at radius 1 is 0.972 bits per heavy atom. The number of carbonyl (C=O) groups is 1. The van der Waals surface area contributed by atoms with Gasteiger partial charge in [-0.2, -0.15) is 0 Å². The highest BCUT2D eigenvalue weighted by molar-refractivity contribution is 5.88. The van der Waals surface area contributed by atoms with E-state index >= 15 is 0 Å². The third-order valence-electron chi connectivity index (χ3n) is 6.54. The molecule has 0 fully saturated rings. The second-order valence-electron chi connectivity index (χ2n) is 8.65. The van der Waals surface area contributed by atoms with Gasteiger partial charge in [0, 0.05) is 23.0 Å². The van der Waals surface area contributed by atoms with Crippen molar-refractivity contribution in [1.29, 1.82) is 0 Å². The Kier molecular flexibility index (Phi) is 6.43. The van der Waals surface area contributed by atoms with Crippen molar-refractivity contribution >= 4 is 16.9 Å². The molecule has 5 rings (SSSR count). The molecular weight excluding hydrogens is 460 g/mol. The fourth-order valence-electron chi connectivity index (χ4n) is 4.78. The first-order valence-electron chi connectivity index (χ1n) is 11.6. The minimum atomic E-state index is -0.913. The van der Waals surface area contributed by atoms with E-state index in [9.17, 15) is 9.90 Å². The maximum absolute atomic E-state index is 12.1. The summed E-state index contributed by atoms with van der Waals surface area (Å²) >= 11 is 0. The lowest BCUT2D eigenvalue weighted by molar-refractivity contribution is -0.139. The third kappa shape index (κ3) is 4.31. The number of benzene rings is 3. The van der Waals surface area contributed by atoms with E-state index in [1.54, 1.807) is 21.3 Å². The normalized spacial score (nSPS) is 16.9. The average Bonchev–Trinajstić information content (AvgIpc) is 3.28. The van der Waals surface area contributed by atoms with Crippen LogP contribution in [0.3, 0.4) is 0 Å². The van der Waals surface area contributed by atoms with Gasteiger partial charge in [-0.1, -0.05) is 30.3 Å². The summed E-state index contributed by atoms with van der Waals surface area (Å²) in [6, 6.07) is 18.3. The number of ether oxygens (including phenoxy) is 4. The van der Waals surface area contributed by atoms with Crippen LogP contribution in [-0.4, -0.2) is 43.4 Å². The number of methoxy groups -OCH3 is 3. The van der Waals surface area contributed by atoms with Gasteiger partial charge in [0.25, 0.3) is 0 Å². The topological polar surface area (TPSA) is 102 Å². The number of nitrogens with one attached hydrogen (secondary N) is 2. The van der Waals surface area contributed by atoms with Gasteiger partial charge in [0.15, 0.2) is 11.5 Å². The van der Waals surface area contributed by atoms with Gasteiger partial charge in [-0.3, -0.25) is 10.1 Å². The average molecular weight is 489 g/mol. The zero-order chi connectivity index (χ0) is 25.2. The molecule has 0 saturated carbocycles. The second kappa shape index (κ2) is 9.83. The summed E-state index contributed by atoms with van der Waals surface area (Å²) in [5.41, 5.74) is 4.63. The number of fused-ring (bicyclic) bond motifs is 3. The van der Waals surface area contributed by atoms with E-state index in [2.05, 4.69) is 10.3 Å². The van der Waals surface area contributed by atoms with E-state index in [-0.39, 0.29) is 0 Å². The Morgan fingerprint density at radius 2 is 1.69 bits per heavy atom. The molecule has 36 heavy (non-hydrogen) atoms. The number of aliphatic carboxylic acids is 1. The lowest BCUT2D eigenvalue weighted by Crippen LogP contribution is -2.44. The quantitative estimate of drug-likeness (QED) is 0.337. The van der Waals surface area contributed by atoms with Crippen LogP contribution in [0.2, 0.25) is 0 Å². The summed E-state index contributed by atoms with van der Waals surface area (Å²) in [5.74, 6) is 1.29. The fourth-order valence-corrected chi connectivity index (χ4v) is 4.78. The maximum atomic E-state index is 12.1. The number of rotatable bonds is 8. The first-order chi connectivity index (χ1) is 17.5. The van der Waals surface area contributed by atoms with E-state index in [1.807, 2.05) is 60.7 Å². The van der Waals surface area contributed by atoms with Gasteiger partial charge in [-0.15, -0.1) is 0 Å². The predicted molar refractivity (Wildman–Crippen MR) is 135 cm³/mol. The molecule has 0 aliphatic carbocycles. The third-order valence-corrected chi connectivity index (χ3v) is 6.54. The lowest BCUT2D eigenvalue weighted by atomic mass is 9.90. The van der Waals surface area contributed by atoms with Gasteiger partial charge < -0.3 is 29.0 Å². The van der Waals surface area contributed by atoms with Crippen molar-refractivity contribution in [3.63, 3.8) is 0 Å². The summed E-state index contributed by atoms with van der Waals surface area (Å²) in [6.45, 7) is 0.451. The number of carboxylic acid groups (broad SMARTS) is 1. The van der Waals surface area contributed by atoms with Crippen molar-refractivity contribution in [3.8, 4) is 23.0 Å². The molecule has 4 aromatic rings. The summed E-state index contributed by atoms with van der Waals surface area (Å²) in [4.78, 5) is 15.6. The summed E-state index contributed by atoms with van der Waals surface area (Å²) in [6.07, 6.45) is 0.341. The van der Waals surface area contributed by atoms with Crippen molar-refractivity contribution in [2.45, 2.75) is 25.1 Å². The van der Waals surface area contributed by atoms with E-state index < -0.39 is 18.1 Å². The van der Waals surface area contributed by atoms with Crippen molar-refractivity contribution in [1.82, 2.24) is 10.3 Å². The maximum Gasteiger partial charge on any atom is 0.321 e. The molecule has 3 N–H and O–H groups in total. The number of aromatic nitrogens is 1. The lowest BCUT2D eigenvalue weighted by Gasteiger charge is -2.30. The molecule has 1 aliphatic heterocycles. The zero-order valence-electron chi connectivity index (χ0n) is 20.3. The van der Waals surface area contributed by atoms with Gasteiger partial charge in [0.05, 0.1) is 27.4 Å². The molecular formula is C28H28N2O6. The number of carboxylic acids is 1. The van der Waals surface area contributed by atoms with Crippen molar-refractivity contribution < 1.29 is 28.8 Å². The molecule has 8 heteroatoms. The minimum absolute atomic E-state index is 0.341. The van der Waals surface area contributed by atoms with Crippen molar-refractivity contribution in [2.75, 3.05) is 21.3 Å². The molecule has 0 spiro atoms. The standard InChI is InChI=1S/C28H28N2O6/c1-33-23-11-17(12-24(34-2)27(23)35-3)25-26-20(14-22(30-25)28(31)32)19-13-18(9-10-21(19)29-26)36-15-16-7-5-4-6-8-16/h4-13,22,25,29-30H,14-15H2,1-3H3,(H,31,32)/t22-,25+/m1/s1. The van der Waals surface area contributed by atoms with E-state index in [0.29, 0.717) is 30.3 Å². The monoisotopic (exact) mass is 488 g/mol. The Morgan fingerprint density at radius 3 is 2.33 bits per heavy atom. The molecule has 0 saturated heterocycles. The Bertz CT molecular complexity index is 1370. The van der Waals surface area contributed by atoms with Crippen LogP contribution in [0.4, 0.5) is 0 Å². The molecule has 1 aliphatic rings. The van der Waals surface area contributed by atoms with Gasteiger partial charge in [-0.05, 0) is 47.0 Å². The van der Waals surface area contributed by atoms with Crippen LogP contribution in [0.5, 0.6) is 23.0 Å². The summed E-state index contributed by atoms with van der Waals surface area (Å²) < 4.78 is 22.6. The van der Waals surface area contributed by atoms with Gasteiger partial charge in [0.1, 0.15) is 18.4 Å². The van der Waals surface area contributed by atoms with Gasteiger partial charge in [0.2, 0.25) is 5.75 Å². The largest absolute Gasteiger partial charge is 0.493 e. The zero-order valence-corrected chi connectivity index (χ0v) is 20.3. The summed E-state index contributed by atoms with van der Waals surface area (Å²) in [7, 11) is 4.66. The van der Waals surface area contributed by atoms with E-state index in [0.717, 1.165) is 39.0 Å². The van der Waals surface area contributed by atoms with Crippen LogP contribution in [0.15, 0.2) is 60.7 Å². The molecule has 0 bridgehead atoms. The smallest absolute Gasteiger partial charge is 0.321 e. The minimum Gasteiger partial charge on any atom is -0.493 e. The highest BCUT2D eigenvalue weighted by atomic mass is 16.5. The molecule has 1 aromatic heterocycles. The molecule has 8 nitrogen and oxygen atoms in total. The first-order valence-corrected chi connectivity index (χ1v) is 11.6. The van der Waals surface area contributed by atoms with Crippen LogP contribution < -0.4 is 24.3 Å². The number of hydrogen-bond donors (Lipinski definition) is 3. The van der Waals surface area contributed by atoms with Gasteiger partial charge >= 0.3 is 5.97 Å². The van der Waals surface area contributed by atoms with Crippen molar-refractivity contribution in [3.05, 3.63) is 83.0 Å². The van der Waals surface area contributed by atoms with Crippen LogP contribution in [0.1, 0.15) is 28.4 Å². The molecule has 0 amide bonds. The Hall–Kier alpha value is -4.17. The van der Waals surface area contributed by atoms with Crippen LogP contribution >= 0.6 is 0 Å². The Labute approximate surface area is 208 Å². The molecule has 0 unspecified atom stereocenters. The summed E-state index contributed by atoms with van der Waals surface area (Å²) in [5, 5.41) is 14.1. The second-order valence-corrected chi connectivity index (χ2v) is 8.65. The fraction of sp³-hybridized carbons (Fsp3) is 0.250.